The van der Waals surface area contributed by atoms with Crippen LogP contribution in [0.15, 0.2) is 24.3 Å². The molecule has 0 unspecified atom stereocenters. The summed E-state index contributed by atoms with van der Waals surface area (Å²) < 4.78 is 2.02. The fraction of sp³-hybridized carbons (Fsp3) is 0.400. The number of rotatable bonds is 4. The number of aryl methyl sites for hydroxylation is 2. The molecule has 0 spiro atoms. The van der Waals surface area contributed by atoms with Gasteiger partial charge >= 0.3 is 0 Å². The molecule has 0 fully saturated rings. The first-order valence-electron chi connectivity index (χ1n) is 6.31. The van der Waals surface area contributed by atoms with Crippen LogP contribution in [0.25, 0.3) is 0 Å². The molecular weight excluding hydrogens is 224 g/mol. The minimum Gasteiger partial charge on any atom is -0.396 e. The molecule has 0 bridgehead atoms. The van der Waals surface area contributed by atoms with E-state index in [2.05, 4.69) is 43.2 Å². The molecule has 0 amide bonds. The molecule has 0 atom stereocenters. The summed E-state index contributed by atoms with van der Waals surface area (Å²) in [4.78, 5) is 0. The van der Waals surface area contributed by atoms with Crippen LogP contribution in [0, 0.1) is 20.8 Å². The topological polar surface area (TPSA) is 38.0 Å². The zero-order valence-electron chi connectivity index (χ0n) is 11.3. The van der Waals surface area contributed by atoms with Crippen molar-refractivity contribution in [3.8, 4) is 0 Å². The van der Waals surface area contributed by atoms with Crippen molar-refractivity contribution in [1.82, 2.24) is 9.78 Å². The largest absolute Gasteiger partial charge is 0.396 e. The van der Waals surface area contributed by atoms with Crippen LogP contribution >= 0.6 is 0 Å². The lowest BCUT2D eigenvalue weighted by Crippen LogP contribution is -2.04. The van der Waals surface area contributed by atoms with E-state index in [-0.39, 0.29) is 6.61 Å². The number of nitrogens with zero attached hydrogens (tertiary/aromatic N) is 2. The lowest BCUT2D eigenvalue weighted by atomic mass is 10.1. The maximum atomic E-state index is 9.06. The van der Waals surface area contributed by atoms with Gasteiger partial charge in [-0.1, -0.05) is 29.8 Å². The molecule has 96 valence electrons. The molecule has 1 aromatic carbocycles. The smallest absolute Gasteiger partial charge is 0.0662 e. The van der Waals surface area contributed by atoms with Crippen LogP contribution in [0.1, 0.15) is 28.1 Å². The lowest BCUT2D eigenvalue weighted by Gasteiger charge is -2.06. The number of hydrogen-bond donors (Lipinski definition) is 1. The van der Waals surface area contributed by atoms with E-state index < -0.39 is 0 Å². The molecule has 2 rings (SSSR count). The van der Waals surface area contributed by atoms with E-state index in [9.17, 15) is 0 Å². The summed E-state index contributed by atoms with van der Waals surface area (Å²) in [6.45, 7) is 7.13. The highest BCUT2D eigenvalue weighted by Crippen LogP contribution is 2.15. The first kappa shape index (κ1) is 12.8. The predicted molar refractivity (Wildman–Crippen MR) is 72.8 cm³/mol. The monoisotopic (exact) mass is 244 g/mol. The Morgan fingerprint density at radius 2 is 1.78 bits per heavy atom. The van der Waals surface area contributed by atoms with Gasteiger partial charge in [-0.3, -0.25) is 4.68 Å². The molecule has 18 heavy (non-hydrogen) atoms. The van der Waals surface area contributed by atoms with E-state index in [0.29, 0.717) is 6.42 Å². The van der Waals surface area contributed by atoms with Gasteiger partial charge < -0.3 is 5.11 Å². The summed E-state index contributed by atoms with van der Waals surface area (Å²) >= 11 is 0. The molecule has 0 radical (unpaired) electrons. The Balaban J connectivity index is 2.24. The molecule has 0 aliphatic heterocycles. The molecular formula is C15H20N2O. The number of benzene rings is 1. The molecule has 2 aromatic rings. The first-order valence-corrected chi connectivity index (χ1v) is 6.31. The fourth-order valence-electron chi connectivity index (χ4n) is 2.23. The van der Waals surface area contributed by atoms with Crippen molar-refractivity contribution in [1.29, 1.82) is 0 Å². The van der Waals surface area contributed by atoms with E-state index in [1.165, 1.54) is 16.7 Å². The maximum Gasteiger partial charge on any atom is 0.0662 e. The third-order valence-electron chi connectivity index (χ3n) is 3.35. The second-order valence-electron chi connectivity index (χ2n) is 4.77. The number of hydrogen-bond acceptors (Lipinski definition) is 2. The van der Waals surface area contributed by atoms with Gasteiger partial charge in [0.2, 0.25) is 0 Å². The van der Waals surface area contributed by atoms with Gasteiger partial charge in [-0.15, -0.1) is 0 Å². The lowest BCUT2D eigenvalue weighted by molar-refractivity contribution is 0.299. The molecule has 0 aliphatic rings. The Hall–Kier alpha value is -1.61. The predicted octanol–water partition coefficient (Wildman–Crippen LogP) is 2.39. The van der Waals surface area contributed by atoms with Gasteiger partial charge in [0.15, 0.2) is 0 Å². The SMILES string of the molecule is Cc1ccc(Cn2nc(C)c(CCO)c2C)cc1. The number of aliphatic hydroxyl groups is 1. The highest BCUT2D eigenvalue weighted by molar-refractivity contribution is 5.27. The van der Waals surface area contributed by atoms with E-state index >= 15 is 0 Å². The zero-order valence-corrected chi connectivity index (χ0v) is 11.3. The number of aromatic nitrogens is 2. The third kappa shape index (κ3) is 2.62. The van der Waals surface area contributed by atoms with Crippen molar-refractivity contribution in [2.75, 3.05) is 6.61 Å². The summed E-state index contributed by atoms with van der Waals surface area (Å²) in [6, 6.07) is 8.51. The zero-order chi connectivity index (χ0) is 13.1. The Morgan fingerprint density at radius 1 is 1.11 bits per heavy atom. The van der Waals surface area contributed by atoms with Crippen molar-refractivity contribution in [2.45, 2.75) is 33.7 Å². The molecule has 0 saturated carbocycles. The number of aliphatic hydroxyl groups excluding tert-OH is 1. The van der Waals surface area contributed by atoms with Gasteiger partial charge in [-0.25, -0.2) is 0 Å². The van der Waals surface area contributed by atoms with Crippen molar-refractivity contribution in [3.05, 3.63) is 52.3 Å². The Morgan fingerprint density at radius 3 is 2.39 bits per heavy atom. The van der Waals surface area contributed by atoms with Gasteiger partial charge in [0.25, 0.3) is 0 Å². The Kier molecular flexibility index (Phi) is 3.82. The van der Waals surface area contributed by atoms with Gasteiger partial charge in [0.1, 0.15) is 0 Å². The molecule has 0 saturated heterocycles. The van der Waals surface area contributed by atoms with Crippen molar-refractivity contribution in [3.63, 3.8) is 0 Å². The van der Waals surface area contributed by atoms with Crippen LogP contribution in [0.2, 0.25) is 0 Å². The summed E-state index contributed by atoms with van der Waals surface area (Å²) in [5.41, 5.74) is 5.87. The molecule has 3 nitrogen and oxygen atoms in total. The second kappa shape index (κ2) is 5.36. The van der Waals surface area contributed by atoms with E-state index in [4.69, 9.17) is 5.11 Å². The fourth-order valence-corrected chi connectivity index (χ4v) is 2.23. The first-order chi connectivity index (χ1) is 8.61. The van der Waals surface area contributed by atoms with Gasteiger partial charge in [0.05, 0.1) is 12.2 Å². The van der Waals surface area contributed by atoms with Crippen molar-refractivity contribution >= 4 is 0 Å². The Labute approximate surface area is 108 Å². The average molecular weight is 244 g/mol. The second-order valence-corrected chi connectivity index (χ2v) is 4.77. The van der Waals surface area contributed by atoms with Gasteiger partial charge in [-0.2, -0.15) is 5.10 Å². The van der Waals surface area contributed by atoms with Crippen LogP contribution < -0.4 is 0 Å². The van der Waals surface area contributed by atoms with Crippen LogP contribution in [-0.2, 0) is 13.0 Å². The van der Waals surface area contributed by atoms with Crippen molar-refractivity contribution in [2.24, 2.45) is 0 Å². The molecule has 3 heteroatoms. The van der Waals surface area contributed by atoms with Crippen LogP contribution in [-0.4, -0.2) is 21.5 Å². The average Bonchev–Trinajstić information content (AvgIpc) is 2.60. The summed E-state index contributed by atoms with van der Waals surface area (Å²) in [7, 11) is 0. The third-order valence-corrected chi connectivity index (χ3v) is 3.35. The van der Waals surface area contributed by atoms with Crippen LogP contribution in [0.3, 0.4) is 0 Å². The van der Waals surface area contributed by atoms with Gasteiger partial charge in [0, 0.05) is 12.3 Å². The van der Waals surface area contributed by atoms with Gasteiger partial charge in [-0.05, 0) is 38.3 Å². The standard InChI is InChI=1S/C15H20N2O/c1-11-4-6-14(7-5-11)10-17-13(3)15(8-9-18)12(2)16-17/h4-7,18H,8-10H2,1-3H3. The highest BCUT2D eigenvalue weighted by atomic mass is 16.2. The molecule has 0 aliphatic carbocycles. The highest BCUT2D eigenvalue weighted by Gasteiger charge is 2.10. The quantitative estimate of drug-likeness (QED) is 0.896. The summed E-state index contributed by atoms with van der Waals surface area (Å²) in [5.74, 6) is 0. The molecule has 1 N–H and O–H groups in total. The summed E-state index contributed by atoms with van der Waals surface area (Å²) in [6.07, 6.45) is 0.686. The Bertz CT molecular complexity index is 526. The van der Waals surface area contributed by atoms with E-state index in [1.54, 1.807) is 0 Å². The van der Waals surface area contributed by atoms with Crippen LogP contribution in [0.5, 0.6) is 0 Å². The van der Waals surface area contributed by atoms with Crippen LogP contribution in [0.4, 0.5) is 0 Å². The van der Waals surface area contributed by atoms with E-state index in [1.807, 2.05) is 11.6 Å². The maximum absolute atomic E-state index is 9.06. The molecule has 1 heterocycles. The minimum absolute atomic E-state index is 0.178. The van der Waals surface area contributed by atoms with E-state index in [0.717, 1.165) is 17.9 Å². The van der Waals surface area contributed by atoms with Crippen molar-refractivity contribution < 1.29 is 5.11 Å². The summed E-state index contributed by atoms with van der Waals surface area (Å²) in [5, 5.41) is 13.6. The normalized spacial score (nSPS) is 10.9. The molecule has 1 aromatic heterocycles. The minimum atomic E-state index is 0.178.